The number of carbonyl (C=O) groups excluding carboxylic acids is 1. The predicted octanol–water partition coefficient (Wildman–Crippen LogP) is -0.0853. The fourth-order valence-electron chi connectivity index (χ4n) is 0.715. The summed E-state index contributed by atoms with van der Waals surface area (Å²) >= 11 is 0. The second-order valence-electron chi connectivity index (χ2n) is 1.82. The highest BCUT2D eigenvalue weighted by Crippen LogP contribution is 1.91. The van der Waals surface area contributed by atoms with Crippen LogP contribution < -0.4 is 5.32 Å². The van der Waals surface area contributed by atoms with Gasteiger partial charge in [0, 0.05) is 13.1 Å². The van der Waals surface area contributed by atoms with Crippen LogP contribution in [-0.4, -0.2) is 23.7 Å². The number of hydrogen-bond acceptors (Lipinski definition) is 1. The summed E-state index contributed by atoms with van der Waals surface area (Å²) in [6, 6.07) is 0. The molecule has 1 saturated heterocycles. The maximum Gasteiger partial charge on any atom is 0.295 e. The van der Waals surface area contributed by atoms with Crippen molar-refractivity contribution in [3.05, 3.63) is 0 Å². The van der Waals surface area contributed by atoms with Crippen LogP contribution in [0.5, 0.6) is 0 Å². The van der Waals surface area contributed by atoms with Gasteiger partial charge in [0.25, 0.3) is 5.78 Å². The van der Waals surface area contributed by atoms with Gasteiger partial charge in [-0.1, -0.05) is 0 Å². The van der Waals surface area contributed by atoms with Crippen molar-refractivity contribution >= 4 is 5.78 Å². The molecule has 0 unspecified atom stereocenters. The van der Waals surface area contributed by atoms with E-state index in [0.717, 1.165) is 25.9 Å². The molecule has 0 aromatic rings. The predicted molar refractivity (Wildman–Crippen MR) is 29.0 cm³/mol. The molecule has 2 nitrogen and oxygen atoms in total. The highest BCUT2D eigenvalue weighted by molar-refractivity contribution is 5.80. The first-order valence-electron chi connectivity index (χ1n) is 2.64. The molecule has 0 amide bonds. The minimum Gasteiger partial charge on any atom is -0.315 e. The van der Waals surface area contributed by atoms with E-state index in [1.54, 1.807) is 0 Å². The molecule has 0 bridgehead atoms. The molecule has 7 heavy (non-hydrogen) atoms. The third kappa shape index (κ3) is 1.27. The van der Waals surface area contributed by atoms with Crippen molar-refractivity contribution in [2.45, 2.75) is 12.8 Å². The molecular weight excluding hydrogens is 90.1 g/mol. The van der Waals surface area contributed by atoms with E-state index in [2.05, 4.69) is 5.32 Å². The molecule has 1 heterocycles. The summed E-state index contributed by atoms with van der Waals surface area (Å²) in [5.74, 6) is 0.652. The Morgan fingerprint density at radius 2 is 1.86 bits per heavy atom. The lowest BCUT2D eigenvalue weighted by atomic mass is 10.1. The Bertz CT molecular complexity index is 72.1. The van der Waals surface area contributed by atoms with Crippen molar-refractivity contribution in [1.82, 2.24) is 5.32 Å². The maximum atomic E-state index is 8.79. The summed E-state index contributed by atoms with van der Waals surface area (Å²) in [5.41, 5.74) is 0. The van der Waals surface area contributed by atoms with E-state index in [1.807, 2.05) is 0 Å². The van der Waals surface area contributed by atoms with Gasteiger partial charge in [0.05, 0.1) is 12.8 Å². The topological polar surface area (TPSA) is 33.4 Å². The average molecular weight is 100 g/mol. The van der Waals surface area contributed by atoms with Gasteiger partial charge in [0.2, 0.25) is 0 Å². The zero-order valence-electron chi connectivity index (χ0n) is 4.28. The van der Waals surface area contributed by atoms with Crippen LogP contribution in [0.2, 0.25) is 0 Å². The average Bonchev–Trinajstić information content (AvgIpc) is 1.69. The Labute approximate surface area is 42.9 Å². The third-order valence-corrected chi connectivity index (χ3v) is 1.18. The smallest absolute Gasteiger partial charge is 0.295 e. The van der Waals surface area contributed by atoms with E-state index in [4.69, 9.17) is 4.79 Å². The molecule has 2 heteroatoms. The van der Waals surface area contributed by atoms with Crippen LogP contribution in [0.25, 0.3) is 0 Å². The van der Waals surface area contributed by atoms with E-state index in [9.17, 15) is 0 Å². The molecule has 0 radical (unpaired) electrons. The molecule has 1 aliphatic rings. The fraction of sp³-hybridized carbons (Fsp3) is 0.800. The van der Waals surface area contributed by atoms with Crippen LogP contribution in [0.3, 0.4) is 0 Å². The van der Waals surface area contributed by atoms with Crippen LogP contribution in [-0.2, 0) is 0 Å². The van der Waals surface area contributed by atoms with Crippen LogP contribution in [0.15, 0.2) is 0 Å². The summed E-state index contributed by atoms with van der Waals surface area (Å²) in [6.45, 7) is 1.90. The van der Waals surface area contributed by atoms with Crippen LogP contribution in [0, 0.1) is 0 Å². The molecule has 0 aromatic carbocycles. The van der Waals surface area contributed by atoms with Crippen molar-refractivity contribution < 1.29 is 4.79 Å². The third-order valence-electron chi connectivity index (χ3n) is 1.18. The number of rotatable bonds is 0. The molecule has 0 saturated carbocycles. The van der Waals surface area contributed by atoms with Gasteiger partial charge in [0.15, 0.2) is 0 Å². The molecule has 1 fully saturated rings. The lowest BCUT2D eigenvalue weighted by molar-refractivity contribution is 0.580. The lowest BCUT2D eigenvalue weighted by Gasteiger charge is -2.04. The van der Waals surface area contributed by atoms with Gasteiger partial charge in [-0.15, -0.1) is 0 Å². The van der Waals surface area contributed by atoms with Gasteiger partial charge in [-0.05, 0) is 0 Å². The Kier molecular flexibility index (Phi) is 1.42. The van der Waals surface area contributed by atoms with Crippen molar-refractivity contribution in [3.8, 4) is 0 Å². The molecule has 0 aromatic heterocycles. The van der Waals surface area contributed by atoms with Gasteiger partial charge < -0.3 is 5.32 Å². The molecule has 0 spiro atoms. The highest BCUT2D eigenvalue weighted by atomic mass is 16.1. The summed E-state index contributed by atoms with van der Waals surface area (Å²) in [5, 5.41) is 3.13. The Morgan fingerprint density at radius 1 is 1.29 bits per heavy atom. The Balaban J connectivity index is 2.25. The Morgan fingerprint density at radius 3 is 2.14 bits per heavy atom. The van der Waals surface area contributed by atoms with Gasteiger partial charge >= 0.3 is 0 Å². The van der Waals surface area contributed by atoms with E-state index in [0.29, 0.717) is 5.78 Å². The maximum absolute atomic E-state index is 8.79. The van der Waals surface area contributed by atoms with Gasteiger partial charge in [-0.3, -0.25) is 4.79 Å². The zero-order chi connectivity index (χ0) is 5.11. The quantitative estimate of drug-likeness (QED) is 0.424. The number of ketones is 1. The lowest BCUT2D eigenvalue weighted by Crippen LogP contribution is -2.27. The Hall–Kier alpha value is -0.370. The first-order valence-corrected chi connectivity index (χ1v) is 2.64. The summed E-state index contributed by atoms with van der Waals surface area (Å²) < 4.78 is 0. The zero-order valence-corrected chi connectivity index (χ0v) is 4.28. The van der Waals surface area contributed by atoms with E-state index in [-0.39, 0.29) is 0 Å². The van der Waals surface area contributed by atoms with Crippen molar-refractivity contribution in [3.63, 3.8) is 0 Å². The fourth-order valence-corrected chi connectivity index (χ4v) is 0.715. The monoisotopic (exact) mass is 100 g/mol. The first kappa shape index (κ1) is 4.78. The second kappa shape index (κ2) is 2.07. The molecule has 0 atom stereocenters. The summed E-state index contributed by atoms with van der Waals surface area (Å²) in [6.07, 6.45) is 1.69. The molecule has 40 valence electrons. The number of hydrogen-bond donors (Lipinski definition) is 1. The molecule has 2 N–H and O–H groups in total. The SMILES string of the molecule is [OH+]=C1CCNCC1. The van der Waals surface area contributed by atoms with Crippen LogP contribution >= 0.6 is 0 Å². The van der Waals surface area contributed by atoms with E-state index < -0.39 is 0 Å². The van der Waals surface area contributed by atoms with Gasteiger partial charge in [-0.25, -0.2) is 0 Å². The van der Waals surface area contributed by atoms with E-state index >= 15 is 0 Å². The molecular formula is C5H10NO+. The van der Waals surface area contributed by atoms with Crippen LogP contribution in [0.1, 0.15) is 12.8 Å². The van der Waals surface area contributed by atoms with Crippen molar-refractivity contribution in [2.24, 2.45) is 0 Å². The molecule has 1 rings (SSSR count). The van der Waals surface area contributed by atoms with Gasteiger partial charge in [-0.2, -0.15) is 0 Å². The largest absolute Gasteiger partial charge is 0.315 e. The second-order valence-corrected chi connectivity index (χ2v) is 1.82. The first-order chi connectivity index (χ1) is 3.39. The number of nitrogens with one attached hydrogen (secondary N) is 1. The van der Waals surface area contributed by atoms with Gasteiger partial charge in [0.1, 0.15) is 0 Å². The number of piperidine rings is 1. The normalized spacial score (nSPS) is 22.6. The van der Waals surface area contributed by atoms with Crippen LogP contribution in [0.4, 0.5) is 0 Å². The summed E-state index contributed by atoms with van der Waals surface area (Å²) in [7, 11) is 0. The standard InChI is InChI=1S/C5H9NO/c7-5-1-3-6-4-2-5/h6H,1-4H2/p+1. The minimum atomic E-state index is 0.652. The van der Waals surface area contributed by atoms with Crippen molar-refractivity contribution in [1.29, 1.82) is 0 Å². The minimum absolute atomic E-state index is 0.652. The van der Waals surface area contributed by atoms with E-state index in [1.165, 1.54) is 0 Å². The summed E-state index contributed by atoms with van der Waals surface area (Å²) in [4.78, 5) is 8.79. The highest BCUT2D eigenvalue weighted by Gasteiger charge is 2.11. The molecule has 1 aliphatic heterocycles. The van der Waals surface area contributed by atoms with Crippen molar-refractivity contribution in [2.75, 3.05) is 13.1 Å². The molecule has 0 aliphatic carbocycles.